The predicted octanol–water partition coefficient (Wildman–Crippen LogP) is 4.88. The van der Waals surface area contributed by atoms with Crippen molar-refractivity contribution in [3.63, 3.8) is 0 Å². The minimum atomic E-state index is -1.18. The molecule has 0 saturated carbocycles. The summed E-state index contributed by atoms with van der Waals surface area (Å²) in [7, 11) is 1.52. The first kappa shape index (κ1) is 23.2. The number of nitro benzene ring substituents is 1. The Kier molecular flexibility index (Phi) is 5.68. The highest BCUT2D eigenvalue weighted by Crippen LogP contribution is 2.46. The van der Waals surface area contributed by atoms with Crippen molar-refractivity contribution in [3.05, 3.63) is 96.4 Å². The van der Waals surface area contributed by atoms with Crippen molar-refractivity contribution in [1.29, 1.82) is 0 Å². The molecule has 11 heteroatoms. The molecule has 35 heavy (non-hydrogen) atoms. The molecule has 3 amide bonds. The zero-order valence-corrected chi connectivity index (χ0v) is 21.1. The summed E-state index contributed by atoms with van der Waals surface area (Å²) in [5, 5.41) is 11.5. The summed E-state index contributed by atoms with van der Waals surface area (Å²) >= 11 is 6.82. The lowest BCUT2D eigenvalue weighted by atomic mass is 9.86. The fourth-order valence-electron chi connectivity index (χ4n) is 4.50. The standard InChI is InChI=1S/C24H15Br2N3O6/c1-35-18-10-5-12(11-16(18)26)20-21(24(32)27(20)14-8-6-13(25)7-9-14)28-22(30)15-3-2-4-17(29(33)34)19(15)23(28)31/h2-11,20-21H,1H3/t20-,21+/m0/s1. The Labute approximate surface area is 215 Å². The number of nitrogens with zero attached hydrogens (tertiary/aromatic N) is 3. The maximum atomic E-state index is 13.5. The van der Waals surface area contributed by atoms with Gasteiger partial charge in [0.25, 0.3) is 23.4 Å². The van der Waals surface area contributed by atoms with Gasteiger partial charge in [0.2, 0.25) is 0 Å². The molecule has 1 fully saturated rings. The van der Waals surface area contributed by atoms with Crippen molar-refractivity contribution in [2.24, 2.45) is 0 Å². The zero-order valence-electron chi connectivity index (χ0n) is 18.0. The van der Waals surface area contributed by atoms with Crippen LogP contribution in [0.4, 0.5) is 11.4 Å². The lowest BCUT2D eigenvalue weighted by Gasteiger charge is -2.49. The van der Waals surface area contributed by atoms with Crippen molar-refractivity contribution in [1.82, 2.24) is 4.90 Å². The van der Waals surface area contributed by atoms with Crippen molar-refractivity contribution >= 4 is 61.0 Å². The van der Waals surface area contributed by atoms with Crippen LogP contribution in [0.3, 0.4) is 0 Å². The number of hydrogen-bond donors (Lipinski definition) is 0. The van der Waals surface area contributed by atoms with E-state index in [9.17, 15) is 24.5 Å². The highest BCUT2D eigenvalue weighted by atomic mass is 79.9. The second kappa shape index (κ2) is 8.58. The summed E-state index contributed by atoms with van der Waals surface area (Å²) < 4.78 is 6.75. The summed E-state index contributed by atoms with van der Waals surface area (Å²) in [6.07, 6.45) is 0. The maximum Gasteiger partial charge on any atom is 0.282 e. The number of hydrogen-bond acceptors (Lipinski definition) is 6. The highest BCUT2D eigenvalue weighted by Gasteiger charge is 2.58. The quantitative estimate of drug-likeness (QED) is 0.179. The number of imide groups is 1. The van der Waals surface area contributed by atoms with Gasteiger partial charge in [0, 0.05) is 16.2 Å². The molecular weight excluding hydrogens is 586 g/mol. The molecule has 9 nitrogen and oxygen atoms in total. The Morgan fingerprint density at radius 1 is 0.914 bits per heavy atom. The summed E-state index contributed by atoms with van der Waals surface area (Å²) in [5.41, 5.74) is 0.370. The molecule has 0 spiro atoms. The van der Waals surface area contributed by atoms with Crippen LogP contribution in [0.15, 0.2) is 69.6 Å². The number of halogens is 2. The van der Waals surface area contributed by atoms with Gasteiger partial charge in [-0.2, -0.15) is 0 Å². The SMILES string of the molecule is COc1ccc([C@H]2[C@@H](N3C(=O)c4cccc([N+](=O)[O-])c4C3=O)C(=O)N2c2ccc(Br)cc2)cc1Br. The van der Waals surface area contributed by atoms with Gasteiger partial charge in [0.05, 0.1) is 28.1 Å². The van der Waals surface area contributed by atoms with E-state index in [4.69, 9.17) is 4.74 Å². The van der Waals surface area contributed by atoms with E-state index in [1.807, 2.05) is 0 Å². The van der Waals surface area contributed by atoms with Gasteiger partial charge in [-0.05, 0) is 64.0 Å². The molecule has 0 aliphatic carbocycles. The third-order valence-electron chi connectivity index (χ3n) is 6.09. The number of ether oxygens (including phenoxy) is 1. The van der Waals surface area contributed by atoms with Crippen LogP contribution in [-0.2, 0) is 4.79 Å². The molecule has 2 aliphatic heterocycles. The molecule has 3 aromatic rings. The van der Waals surface area contributed by atoms with Crippen LogP contribution in [-0.4, -0.2) is 40.7 Å². The van der Waals surface area contributed by atoms with Crippen LogP contribution in [0.25, 0.3) is 0 Å². The van der Waals surface area contributed by atoms with Crippen molar-refractivity contribution in [2.75, 3.05) is 12.0 Å². The van der Waals surface area contributed by atoms with Gasteiger partial charge in [-0.25, -0.2) is 0 Å². The fraction of sp³-hybridized carbons (Fsp3) is 0.125. The number of rotatable bonds is 5. The lowest BCUT2D eigenvalue weighted by Crippen LogP contribution is -2.67. The van der Waals surface area contributed by atoms with E-state index in [-0.39, 0.29) is 11.1 Å². The van der Waals surface area contributed by atoms with Gasteiger partial charge in [0.1, 0.15) is 17.4 Å². The highest BCUT2D eigenvalue weighted by molar-refractivity contribution is 9.10. The second-order valence-corrected chi connectivity index (χ2v) is 9.68. The first-order valence-electron chi connectivity index (χ1n) is 10.3. The van der Waals surface area contributed by atoms with Gasteiger partial charge < -0.3 is 9.64 Å². The lowest BCUT2D eigenvalue weighted by molar-refractivity contribution is -0.385. The zero-order chi connectivity index (χ0) is 25.0. The Hall–Kier alpha value is -3.57. The number of carbonyl (C=O) groups is 3. The number of carbonyl (C=O) groups excluding carboxylic acids is 3. The average molecular weight is 601 g/mol. The number of nitro groups is 1. The molecule has 2 atom stereocenters. The van der Waals surface area contributed by atoms with Gasteiger partial charge in [0.15, 0.2) is 0 Å². The molecule has 0 aromatic heterocycles. The molecule has 3 aromatic carbocycles. The van der Waals surface area contributed by atoms with E-state index in [1.54, 1.807) is 42.5 Å². The minimum Gasteiger partial charge on any atom is -0.496 e. The number of amides is 3. The molecule has 1 saturated heterocycles. The number of benzene rings is 3. The molecule has 5 rings (SSSR count). The number of methoxy groups -OCH3 is 1. The summed E-state index contributed by atoms with van der Waals surface area (Å²) in [6.45, 7) is 0. The Morgan fingerprint density at radius 3 is 2.26 bits per heavy atom. The van der Waals surface area contributed by atoms with Crippen LogP contribution in [0.1, 0.15) is 32.3 Å². The fourth-order valence-corrected chi connectivity index (χ4v) is 5.33. The first-order chi connectivity index (χ1) is 16.7. The molecule has 2 heterocycles. The Balaban J connectivity index is 1.62. The molecular formula is C24H15Br2N3O6. The minimum absolute atomic E-state index is 0.0891. The molecule has 176 valence electrons. The maximum absolute atomic E-state index is 13.5. The van der Waals surface area contributed by atoms with Crippen molar-refractivity contribution in [2.45, 2.75) is 12.1 Å². The van der Waals surface area contributed by atoms with E-state index >= 15 is 0 Å². The van der Waals surface area contributed by atoms with E-state index in [0.717, 1.165) is 9.37 Å². The van der Waals surface area contributed by atoms with Crippen LogP contribution >= 0.6 is 31.9 Å². The van der Waals surface area contributed by atoms with Gasteiger partial charge >= 0.3 is 0 Å². The number of fused-ring (bicyclic) bond motifs is 1. The first-order valence-corrected chi connectivity index (χ1v) is 11.9. The molecule has 0 radical (unpaired) electrons. The van der Waals surface area contributed by atoms with Crippen LogP contribution in [0.5, 0.6) is 5.75 Å². The normalized spacial score (nSPS) is 19.0. The van der Waals surface area contributed by atoms with E-state index < -0.39 is 40.4 Å². The number of anilines is 1. The van der Waals surface area contributed by atoms with Crippen LogP contribution in [0, 0.1) is 10.1 Å². The molecule has 2 aliphatic rings. The third-order valence-corrected chi connectivity index (χ3v) is 7.24. The van der Waals surface area contributed by atoms with Crippen molar-refractivity contribution in [3.8, 4) is 5.75 Å². The average Bonchev–Trinajstić information content (AvgIpc) is 3.08. The summed E-state index contributed by atoms with van der Waals surface area (Å²) in [6, 6.07) is 14.3. The molecule has 0 N–H and O–H groups in total. The monoisotopic (exact) mass is 599 g/mol. The Bertz CT molecular complexity index is 1430. The summed E-state index contributed by atoms with van der Waals surface area (Å²) in [4.78, 5) is 53.2. The van der Waals surface area contributed by atoms with Crippen LogP contribution in [0.2, 0.25) is 0 Å². The topological polar surface area (TPSA) is 110 Å². The third kappa shape index (κ3) is 3.53. The number of β-lactam (4-membered cyclic amide) rings is 1. The van der Waals surface area contributed by atoms with Gasteiger partial charge in [-0.1, -0.05) is 28.1 Å². The van der Waals surface area contributed by atoms with Crippen molar-refractivity contribution < 1.29 is 24.0 Å². The van der Waals surface area contributed by atoms with Gasteiger partial charge in [-0.3, -0.25) is 29.4 Å². The smallest absolute Gasteiger partial charge is 0.282 e. The Morgan fingerprint density at radius 2 is 1.63 bits per heavy atom. The largest absolute Gasteiger partial charge is 0.496 e. The summed E-state index contributed by atoms with van der Waals surface area (Å²) in [5.74, 6) is -1.49. The van der Waals surface area contributed by atoms with Gasteiger partial charge in [-0.15, -0.1) is 0 Å². The van der Waals surface area contributed by atoms with E-state index in [0.29, 0.717) is 21.5 Å². The molecule has 0 bridgehead atoms. The van der Waals surface area contributed by atoms with E-state index in [1.165, 1.54) is 30.2 Å². The second-order valence-electron chi connectivity index (χ2n) is 7.91. The molecule has 0 unspecified atom stereocenters. The van der Waals surface area contributed by atoms with Crippen LogP contribution < -0.4 is 9.64 Å². The van der Waals surface area contributed by atoms with E-state index in [2.05, 4.69) is 31.9 Å². The predicted molar refractivity (Wildman–Crippen MR) is 132 cm³/mol.